The van der Waals surface area contributed by atoms with Gasteiger partial charge in [-0.3, -0.25) is 0 Å². The van der Waals surface area contributed by atoms with Gasteiger partial charge in [0, 0.05) is 0 Å². The van der Waals surface area contributed by atoms with Crippen LogP contribution in [0, 0.1) is 5.92 Å². The molecule has 0 aliphatic heterocycles. The first-order chi connectivity index (χ1) is 8.32. The number of nitrogens with one attached hydrogen (secondary N) is 1. The number of nitrogens with two attached hydrogens (primary N) is 1. The molecular formula is C12H18F3N3. The number of nitrogens with zero attached hydrogens (tertiary/aromatic N) is 1. The van der Waals surface area contributed by atoms with Crippen molar-refractivity contribution in [1.82, 2.24) is 9.97 Å². The molecule has 1 saturated carbocycles. The van der Waals surface area contributed by atoms with E-state index in [1.54, 1.807) is 6.92 Å². The number of rotatable bonds is 2. The normalized spacial score (nSPS) is 21.8. The number of H-pyrrole nitrogens is 1. The summed E-state index contributed by atoms with van der Waals surface area (Å²) in [7, 11) is 0. The van der Waals surface area contributed by atoms with Crippen LogP contribution in [-0.2, 0) is 11.7 Å². The maximum Gasteiger partial charge on any atom is 0.432 e. The van der Waals surface area contributed by atoms with Gasteiger partial charge in [-0.15, -0.1) is 0 Å². The lowest BCUT2D eigenvalue weighted by atomic mass is 9.76. The Morgan fingerprint density at radius 3 is 2.39 bits per heavy atom. The molecule has 1 unspecified atom stereocenters. The Morgan fingerprint density at radius 2 is 1.89 bits per heavy atom. The summed E-state index contributed by atoms with van der Waals surface area (Å²) >= 11 is 0. The van der Waals surface area contributed by atoms with E-state index in [-0.39, 0.29) is 11.7 Å². The fourth-order valence-electron chi connectivity index (χ4n) is 2.63. The molecule has 0 amide bonds. The van der Waals surface area contributed by atoms with Gasteiger partial charge in [-0.1, -0.05) is 19.3 Å². The second-order valence-corrected chi connectivity index (χ2v) is 5.26. The predicted octanol–water partition coefficient (Wildman–Crippen LogP) is 3.18. The van der Waals surface area contributed by atoms with E-state index in [0.717, 1.165) is 31.9 Å². The highest BCUT2D eigenvalue weighted by atomic mass is 19.4. The fraction of sp³-hybridized carbons (Fsp3) is 0.750. The molecule has 1 aliphatic rings. The summed E-state index contributed by atoms with van der Waals surface area (Å²) < 4.78 is 37.6. The summed E-state index contributed by atoms with van der Waals surface area (Å²) in [5, 5.41) is 0. The summed E-state index contributed by atoms with van der Waals surface area (Å²) in [4.78, 5) is 6.16. The molecule has 6 heteroatoms. The number of aromatic nitrogens is 2. The maximum atomic E-state index is 12.5. The fourth-order valence-corrected chi connectivity index (χ4v) is 2.63. The van der Waals surface area contributed by atoms with Crippen molar-refractivity contribution in [3.63, 3.8) is 0 Å². The minimum atomic E-state index is -4.39. The van der Waals surface area contributed by atoms with E-state index in [2.05, 4.69) is 9.97 Å². The summed E-state index contributed by atoms with van der Waals surface area (Å²) in [5.74, 6) is 0.431. The molecule has 0 spiro atoms. The van der Waals surface area contributed by atoms with Crippen LogP contribution >= 0.6 is 0 Å². The molecule has 1 heterocycles. The molecule has 3 nitrogen and oxygen atoms in total. The molecule has 0 saturated heterocycles. The molecule has 1 fully saturated rings. The van der Waals surface area contributed by atoms with Crippen molar-refractivity contribution >= 4 is 0 Å². The molecule has 2 rings (SSSR count). The van der Waals surface area contributed by atoms with Crippen LogP contribution in [-0.4, -0.2) is 9.97 Å². The summed E-state index contributed by atoms with van der Waals surface area (Å²) in [6, 6.07) is 0. The van der Waals surface area contributed by atoms with Crippen LogP contribution in [0.5, 0.6) is 0 Å². The van der Waals surface area contributed by atoms with Gasteiger partial charge in [-0.2, -0.15) is 13.2 Å². The second kappa shape index (κ2) is 4.57. The van der Waals surface area contributed by atoms with Gasteiger partial charge in [0.05, 0.1) is 11.7 Å². The molecule has 1 aromatic heterocycles. The van der Waals surface area contributed by atoms with Gasteiger partial charge in [0.1, 0.15) is 11.5 Å². The van der Waals surface area contributed by atoms with Crippen LogP contribution in [0.2, 0.25) is 0 Å². The first-order valence-corrected chi connectivity index (χ1v) is 6.23. The highest BCUT2D eigenvalue weighted by Crippen LogP contribution is 2.37. The lowest BCUT2D eigenvalue weighted by molar-refractivity contribution is -0.141. The van der Waals surface area contributed by atoms with E-state index in [4.69, 9.17) is 5.73 Å². The Kier molecular flexibility index (Phi) is 3.40. The number of imidazole rings is 1. The third-order valence-corrected chi connectivity index (χ3v) is 3.84. The average molecular weight is 261 g/mol. The third-order valence-electron chi connectivity index (χ3n) is 3.84. The van der Waals surface area contributed by atoms with Gasteiger partial charge in [0.15, 0.2) is 0 Å². The first kappa shape index (κ1) is 13.4. The van der Waals surface area contributed by atoms with Crippen LogP contribution in [0.15, 0.2) is 6.20 Å². The van der Waals surface area contributed by atoms with Crippen molar-refractivity contribution in [2.75, 3.05) is 0 Å². The zero-order valence-electron chi connectivity index (χ0n) is 10.3. The largest absolute Gasteiger partial charge is 0.432 e. The van der Waals surface area contributed by atoms with Gasteiger partial charge in [-0.05, 0) is 25.7 Å². The number of alkyl halides is 3. The zero-order valence-corrected chi connectivity index (χ0v) is 10.3. The Balaban J connectivity index is 2.21. The topological polar surface area (TPSA) is 54.7 Å². The van der Waals surface area contributed by atoms with Crippen LogP contribution in [0.3, 0.4) is 0 Å². The predicted molar refractivity (Wildman–Crippen MR) is 61.7 cm³/mol. The SMILES string of the molecule is CC(N)(c1ncc(C(F)(F)F)[nH]1)C1CCCCC1. The minimum Gasteiger partial charge on any atom is -0.337 e. The molecule has 0 radical (unpaired) electrons. The molecule has 18 heavy (non-hydrogen) atoms. The van der Waals surface area contributed by atoms with Gasteiger partial charge in [-0.25, -0.2) is 4.98 Å². The van der Waals surface area contributed by atoms with Crippen molar-refractivity contribution in [2.24, 2.45) is 11.7 Å². The molecule has 0 aromatic carbocycles. The van der Waals surface area contributed by atoms with E-state index in [1.165, 1.54) is 6.42 Å². The van der Waals surface area contributed by atoms with E-state index in [0.29, 0.717) is 0 Å². The highest BCUT2D eigenvalue weighted by Gasteiger charge is 2.39. The third kappa shape index (κ3) is 2.53. The van der Waals surface area contributed by atoms with Gasteiger partial charge in [0.25, 0.3) is 0 Å². The molecule has 0 bridgehead atoms. The van der Waals surface area contributed by atoms with Crippen molar-refractivity contribution in [1.29, 1.82) is 0 Å². The molecule has 102 valence electrons. The Morgan fingerprint density at radius 1 is 1.28 bits per heavy atom. The number of aromatic amines is 1. The lowest BCUT2D eigenvalue weighted by Gasteiger charge is -2.35. The minimum absolute atomic E-state index is 0.193. The van der Waals surface area contributed by atoms with Crippen molar-refractivity contribution in [3.8, 4) is 0 Å². The molecule has 1 aromatic rings. The summed E-state index contributed by atoms with van der Waals surface area (Å²) in [6.07, 6.45) is 1.69. The van der Waals surface area contributed by atoms with Crippen molar-refractivity contribution < 1.29 is 13.2 Å². The summed E-state index contributed by atoms with van der Waals surface area (Å²) in [6.45, 7) is 1.77. The Labute approximate surface area is 104 Å². The average Bonchev–Trinajstić information content (AvgIpc) is 2.79. The van der Waals surface area contributed by atoms with Crippen LogP contribution < -0.4 is 5.73 Å². The monoisotopic (exact) mass is 261 g/mol. The van der Waals surface area contributed by atoms with E-state index < -0.39 is 17.4 Å². The quantitative estimate of drug-likeness (QED) is 0.859. The smallest absolute Gasteiger partial charge is 0.337 e. The Bertz CT molecular complexity index is 403. The second-order valence-electron chi connectivity index (χ2n) is 5.26. The van der Waals surface area contributed by atoms with Crippen LogP contribution in [0.4, 0.5) is 13.2 Å². The van der Waals surface area contributed by atoms with E-state index >= 15 is 0 Å². The van der Waals surface area contributed by atoms with Crippen molar-refractivity contribution in [3.05, 3.63) is 17.7 Å². The Hall–Kier alpha value is -1.04. The zero-order chi connectivity index (χ0) is 13.4. The molecule has 1 aliphatic carbocycles. The number of halogens is 3. The molecular weight excluding hydrogens is 243 g/mol. The highest BCUT2D eigenvalue weighted by molar-refractivity contribution is 5.13. The maximum absolute atomic E-state index is 12.5. The first-order valence-electron chi connectivity index (χ1n) is 6.23. The number of hydrogen-bond donors (Lipinski definition) is 2. The van der Waals surface area contributed by atoms with E-state index in [1.807, 2.05) is 0 Å². The van der Waals surface area contributed by atoms with Crippen LogP contribution in [0.1, 0.15) is 50.5 Å². The van der Waals surface area contributed by atoms with Gasteiger partial charge >= 0.3 is 6.18 Å². The lowest BCUT2D eigenvalue weighted by Crippen LogP contribution is -2.43. The molecule has 1 atom stereocenters. The standard InChI is InChI=1S/C12H18F3N3/c1-11(16,8-5-3-2-4-6-8)10-17-7-9(18-10)12(13,14)15/h7-8H,2-6,16H2,1H3,(H,17,18). The van der Waals surface area contributed by atoms with Gasteiger partial charge < -0.3 is 10.7 Å². The van der Waals surface area contributed by atoms with Crippen molar-refractivity contribution in [2.45, 2.75) is 50.7 Å². The van der Waals surface area contributed by atoms with Crippen LogP contribution in [0.25, 0.3) is 0 Å². The molecule has 3 N–H and O–H groups in total. The number of hydrogen-bond acceptors (Lipinski definition) is 2. The van der Waals surface area contributed by atoms with E-state index in [9.17, 15) is 13.2 Å². The summed E-state index contributed by atoms with van der Waals surface area (Å²) in [5.41, 5.74) is 4.56. The van der Waals surface area contributed by atoms with Gasteiger partial charge in [0.2, 0.25) is 0 Å².